The van der Waals surface area contributed by atoms with Crippen LogP contribution in [0.5, 0.6) is 0 Å². The van der Waals surface area contributed by atoms with Crippen LogP contribution in [0.15, 0.2) is 29.2 Å². The molecule has 1 aliphatic rings. The third-order valence-electron chi connectivity index (χ3n) is 4.25. The molecular weight excluding hydrogens is 390 g/mol. The van der Waals surface area contributed by atoms with Crippen molar-refractivity contribution in [1.29, 1.82) is 0 Å². The van der Waals surface area contributed by atoms with Gasteiger partial charge in [0.25, 0.3) is 0 Å². The smallest absolute Gasteiger partial charge is 0.341 e. The number of halogens is 1. The van der Waals surface area contributed by atoms with Crippen LogP contribution in [0.1, 0.15) is 40.1 Å². The van der Waals surface area contributed by atoms with E-state index in [4.69, 9.17) is 16.3 Å². The molecule has 1 heterocycles. The Bertz CT molecular complexity index is 802. The second kappa shape index (κ2) is 8.93. The lowest BCUT2D eigenvalue weighted by Gasteiger charge is -2.07. The minimum absolute atomic E-state index is 0.133. The molecule has 1 aromatic carbocycles. The van der Waals surface area contributed by atoms with Crippen LogP contribution in [-0.4, -0.2) is 24.7 Å². The van der Waals surface area contributed by atoms with Crippen molar-refractivity contribution in [3.63, 3.8) is 0 Å². The highest BCUT2D eigenvalue weighted by Gasteiger charge is 2.26. The Labute approximate surface area is 166 Å². The summed E-state index contributed by atoms with van der Waals surface area (Å²) in [5.41, 5.74) is 1.60. The summed E-state index contributed by atoms with van der Waals surface area (Å²) in [6.45, 7) is 0. The lowest BCUT2D eigenvalue weighted by molar-refractivity contribution is -0.113. The van der Waals surface area contributed by atoms with Gasteiger partial charge in [-0.1, -0.05) is 18.0 Å². The predicted octanol–water partition coefficient (Wildman–Crippen LogP) is 5.19. The maximum Gasteiger partial charge on any atom is 0.341 e. The van der Waals surface area contributed by atoms with Crippen LogP contribution in [0.25, 0.3) is 0 Å². The number of methoxy groups -OCH3 is 1. The topological polar surface area (TPSA) is 55.4 Å². The molecule has 1 N–H and O–H groups in total. The van der Waals surface area contributed by atoms with Crippen molar-refractivity contribution >= 4 is 51.6 Å². The largest absolute Gasteiger partial charge is 0.465 e. The molecule has 138 valence electrons. The second-order valence-corrected chi connectivity index (χ2v) is 8.64. The SMILES string of the molecule is COC(=O)c1c(NC(=O)CSc2ccc(Cl)cc2)sc2c1CCCCC2. The highest BCUT2D eigenvalue weighted by molar-refractivity contribution is 8.00. The van der Waals surface area contributed by atoms with E-state index >= 15 is 0 Å². The maximum atomic E-state index is 12.4. The number of anilines is 1. The van der Waals surface area contributed by atoms with Crippen LogP contribution < -0.4 is 5.32 Å². The number of aryl methyl sites for hydroxylation is 1. The number of fused-ring (bicyclic) bond motifs is 1. The molecule has 0 atom stereocenters. The van der Waals surface area contributed by atoms with E-state index in [2.05, 4.69) is 5.32 Å². The Morgan fingerprint density at radius 1 is 1.19 bits per heavy atom. The molecule has 0 aliphatic heterocycles. The number of rotatable bonds is 5. The molecular formula is C19H20ClNO3S2. The first-order valence-electron chi connectivity index (χ1n) is 8.49. The number of thiophene rings is 1. The van der Waals surface area contributed by atoms with Crippen molar-refractivity contribution in [2.75, 3.05) is 18.2 Å². The minimum Gasteiger partial charge on any atom is -0.465 e. The van der Waals surface area contributed by atoms with Crippen molar-refractivity contribution < 1.29 is 14.3 Å². The van der Waals surface area contributed by atoms with E-state index in [0.29, 0.717) is 15.6 Å². The van der Waals surface area contributed by atoms with E-state index < -0.39 is 0 Å². The van der Waals surface area contributed by atoms with E-state index in [0.717, 1.165) is 36.1 Å². The third-order valence-corrected chi connectivity index (χ3v) is 6.72. The number of thioether (sulfide) groups is 1. The zero-order chi connectivity index (χ0) is 18.5. The van der Waals surface area contributed by atoms with Gasteiger partial charge < -0.3 is 10.1 Å². The number of carbonyl (C=O) groups excluding carboxylic acids is 2. The summed E-state index contributed by atoms with van der Waals surface area (Å²) in [7, 11) is 1.38. The van der Waals surface area contributed by atoms with Crippen LogP contribution in [0.3, 0.4) is 0 Å². The van der Waals surface area contributed by atoms with Crippen LogP contribution in [0, 0.1) is 0 Å². The quantitative estimate of drug-likeness (QED) is 0.419. The molecule has 1 aliphatic carbocycles. The minimum atomic E-state index is -0.370. The lowest BCUT2D eigenvalue weighted by Crippen LogP contribution is -2.16. The van der Waals surface area contributed by atoms with Crippen LogP contribution >= 0.6 is 34.7 Å². The first-order chi connectivity index (χ1) is 12.6. The Balaban J connectivity index is 1.72. The van der Waals surface area contributed by atoms with E-state index in [9.17, 15) is 9.59 Å². The molecule has 0 fully saturated rings. The zero-order valence-electron chi connectivity index (χ0n) is 14.5. The third kappa shape index (κ3) is 4.61. The fourth-order valence-corrected chi connectivity index (χ4v) is 5.11. The average molecular weight is 410 g/mol. The highest BCUT2D eigenvalue weighted by Crippen LogP contribution is 2.38. The molecule has 4 nitrogen and oxygen atoms in total. The molecule has 1 amide bonds. The number of hydrogen-bond acceptors (Lipinski definition) is 5. The van der Waals surface area contributed by atoms with Crippen molar-refractivity contribution in [3.8, 4) is 0 Å². The summed E-state index contributed by atoms with van der Waals surface area (Å²) < 4.78 is 4.96. The molecule has 0 saturated heterocycles. The molecule has 0 bridgehead atoms. The number of ether oxygens (including phenoxy) is 1. The van der Waals surface area contributed by atoms with Crippen molar-refractivity contribution in [2.24, 2.45) is 0 Å². The first-order valence-corrected chi connectivity index (χ1v) is 10.7. The standard InChI is InChI=1S/C19H20ClNO3S2/c1-24-19(23)17-14-5-3-2-4-6-15(14)26-18(17)21-16(22)11-25-13-9-7-12(20)8-10-13/h7-10H,2-6,11H2,1H3,(H,21,22). The van der Waals surface area contributed by atoms with E-state index in [1.165, 1.54) is 41.5 Å². The Morgan fingerprint density at radius 2 is 1.92 bits per heavy atom. The molecule has 0 unspecified atom stereocenters. The summed E-state index contributed by atoms with van der Waals surface area (Å²) in [5.74, 6) is -0.235. The molecule has 26 heavy (non-hydrogen) atoms. The van der Waals surface area contributed by atoms with Gasteiger partial charge in [-0.05, 0) is 55.5 Å². The number of benzene rings is 1. The summed E-state index contributed by atoms with van der Waals surface area (Å²) in [5, 5.41) is 4.20. The summed E-state index contributed by atoms with van der Waals surface area (Å²) in [4.78, 5) is 26.9. The fraction of sp³-hybridized carbons (Fsp3) is 0.368. The first kappa shape index (κ1) is 19.3. The maximum absolute atomic E-state index is 12.4. The van der Waals surface area contributed by atoms with Crippen molar-refractivity contribution in [3.05, 3.63) is 45.3 Å². The van der Waals surface area contributed by atoms with Gasteiger partial charge in [-0.2, -0.15) is 0 Å². The van der Waals surface area contributed by atoms with Gasteiger partial charge in [0.15, 0.2) is 0 Å². The van der Waals surface area contributed by atoms with Gasteiger partial charge in [-0.3, -0.25) is 4.79 Å². The normalized spacial score (nSPS) is 13.6. The van der Waals surface area contributed by atoms with Gasteiger partial charge in [0.05, 0.1) is 18.4 Å². The predicted molar refractivity (Wildman–Crippen MR) is 108 cm³/mol. The Hall–Kier alpha value is -1.50. The van der Waals surface area contributed by atoms with Gasteiger partial charge in [-0.25, -0.2) is 4.79 Å². The van der Waals surface area contributed by atoms with Crippen LogP contribution in [0.4, 0.5) is 5.00 Å². The molecule has 0 saturated carbocycles. The highest BCUT2D eigenvalue weighted by atomic mass is 35.5. The molecule has 1 aromatic heterocycles. The number of nitrogens with one attached hydrogen (secondary N) is 1. The van der Waals surface area contributed by atoms with Crippen LogP contribution in [0.2, 0.25) is 5.02 Å². The van der Waals surface area contributed by atoms with E-state index in [-0.39, 0.29) is 17.6 Å². The Morgan fingerprint density at radius 3 is 2.65 bits per heavy atom. The van der Waals surface area contributed by atoms with Crippen LogP contribution in [-0.2, 0) is 22.4 Å². The molecule has 2 aromatic rings. The fourth-order valence-electron chi connectivity index (χ4n) is 2.99. The molecule has 3 rings (SSSR count). The number of amides is 1. The number of esters is 1. The second-order valence-electron chi connectivity index (χ2n) is 6.05. The summed E-state index contributed by atoms with van der Waals surface area (Å²) in [6.07, 6.45) is 5.17. The van der Waals surface area contributed by atoms with Crippen molar-refractivity contribution in [2.45, 2.75) is 37.0 Å². The molecule has 0 radical (unpaired) electrons. The van der Waals surface area contributed by atoms with Gasteiger partial charge in [0.2, 0.25) is 5.91 Å². The average Bonchev–Trinajstić information content (AvgIpc) is 2.81. The van der Waals surface area contributed by atoms with Gasteiger partial charge in [0, 0.05) is 14.8 Å². The lowest BCUT2D eigenvalue weighted by atomic mass is 10.1. The van der Waals surface area contributed by atoms with E-state index in [1.54, 1.807) is 12.1 Å². The molecule has 0 spiro atoms. The summed E-state index contributed by atoms with van der Waals surface area (Å²) in [6, 6.07) is 7.36. The Kier molecular flexibility index (Phi) is 6.62. The van der Waals surface area contributed by atoms with Gasteiger partial charge >= 0.3 is 5.97 Å². The van der Waals surface area contributed by atoms with Gasteiger partial charge in [-0.15, -0.1) is 23.1 Å². The van der Waals surface area contributed by atoms with Gasteiger partial charge in [0.1, 0.15) is 5.00 Å². The zero-order valence-corrected chi connectivity index (χ0v) is 16.9. The number of hydrogen-bond donors (Lipinski definition) is 1. The van der Waals surface area contributed by atoms with E-state index in [1.807, 2.05) is 12.1 Å². The monoisotopic (exact) mass is 409 g/mol. The summed E-state index contributed by atoms with van der Waals surface area (Å²) >= 11 is 8.82. The molecule has 7 heteroatoms. The number of carbonyl (C=O) groups is 2. The van der Waals surface area contributed by atoms with Crippen molar-refractivity contribution in [1.82, 2.24) is 0 Å².